The van der Waals surface area contributed by atoms with E-state index >= 15 is 0 Å². The lowest BCUT2D eigenvalue weighted by molar-refractivity contribution is -0.128. The third-order valence-electron chi connectivity index (χ3n) is 3.48. The van der Waals surface area contributed by atoms with Crippen molar-refractivity contribution < 1.29 is 13.2 Å². The van der Waals surface area contributed by atoms with Gasteiger partial charge in [0.15, 0.2) is 5.25 Å². The van der Waals surface area contributed by atoms with Crippen LogP contribution in [-0.2, 0) is 14.8 Å². The number of nitrogens with zero attached hydrogens (tertiary/aromatic N) is 2. The summed E-state index contributed by atoms with van der Waals surface area (Å²) in [7, 11) is -0.418. The normalized spacial score (nSPS) is 21.9. The summed E-state index contributed by atoms with van der Waals surface area (Å²) in [4.78, 5) is 13.2. The molecule has 1 rings (SSSR count). The maximum absolute atomic E-state index is 12.6. The van der Waals surface area contributed by atoms with Crippen LogP contribution in [0.25, 0.3) is 0 Å². The Bertz CT molecular complexity index is 412. The van der Waals surface area contributed by atoms with Gasteiger partial charge in [-0.1, -0.05) is 13.3 Å². The minimum absolute atomic E-state index is 0. The van der Waals surface area contributed by atoms with Gasteiger partial charge in [0.2, 0.25) is 15.9 Å². The molecule has 0 bridgehead atoms. The monoisotopic (exact) mass is 327 g/mol. The molecule has 2 atom stereocenters. The molecule has 0 aliphatic carbocycles. The van der Waals surface area contributed by atoms with E-state index < -0.39 is 15.3 Å². The van der Waals surface area contributed by atoms with E-state index in [4.69, 9.17) is 0 Å². The van der Waals surface area contributed by atoms with Gasteiger partial charge < -0.3 is 10.2 Å². The smallest absolute Gasteiger partial charge is 0.241 e. The molecule has 20 heavy (non-hydrogen) atoms. The first-order valence-corrected chi connectivity index (χ1v) is 8.25. The van der Waals surface area contributed by atoms with Gasteiger partial charge in [0.05, 0.1) is 0 Å². The van der Waals surface area contributed by atoms with E-state index in [0.29, 0.717) is 19.6 Å². The van der Waals surface area contributed by atoms with Crippen molar-refractivity contribution in [2.45, 2.75) is 38.0 Å². The summed E-state index contributed by atoms with van der Waals surface area (Å²) in [5, 5.41) is 2.20. The lowest BCUT2D eigenvalue weighted by atomic mass is 10.1. The van der Waals surface area contributed by atoms with Crippen molar-refractivity contribution in [1.29, 1.82) is 0 Å². The molecular formula is C12H26ClN3O3S. The van der Waals surface area contributed by atoms with Gasteiger partial charge in [0.25, 0.3) is 0 Å². The Labute approximate surface area is 128 Å². The van der Waals surface area contributed by atoms with Crippen molar-refractivity contribution in [1.82, 2.24) is 14.5 Å². The zero-order chi connectivity index (χ0) is 14.6. The molecule has 0 aromatic rings. The van der Waals surface area contributed by atoms with E-state index in [1.54, 1.807) is 14.1 Å². The zero-order valence-electron chi connectivity index (χ0n) is 12.6. The first kappa shape index (κ1) is 19.6. The molecule has 1 heterocycles. The van der Waals surface area contributed by atoms with Crippen molar-refractivity contribution >= 4 is 28.3 Å². The fourth-order valence-electron chi connectivity index (χ4n) is 2.35. The van der Waals surface area contributed by atoms with Crippen LogP contribution >= 0.6 is 12.4 Å². The molecule has 8 heteroatoms. The summed E-state index contributed by atoms with van der Waals surface area (Å²) in [6.07, 6.45) is 1.74. The summed E-state index contributed by atoms with van der Waals surface area (Å²) >= 11 is 0. The Hall–Kier alpha value is -0.370. The first-order chi connectivity index (χ1) is 8.82. The van der Waals surface area contributed by atoms with Gasteiger partial charge in [-0.2, -0.15) is 4.31 Å². The number of carbonyl (C=O) groups excluding carboxylic acids is 1. The van der Waals surface area contributed by atoms with Gasteiger partial charge in [-0.05, 0) is 13.3 Å². The molecule has 1 amide bonds. The third kappa shape index (κ3) is 4.31. The third-order valence-corrected chi connectivity index (χ3v) is 5.71. The van der Waals surface area contributed by atoms with Gasteiger partial charge in [0, 0.05) is 39.8 Å². The van der Waals surface area contributed by atoms with Crippen LogP contribution < -0.4 is 5.32 Å². The van der Waals surface area contributed by atoms with Crippen molar-refractivity contribution in [3.05, 3.63) is 0 Å². The zero-order valence-corrected chi connectivity index (χ0v) is 14.3. The Balaban J connectivity index is 0.00000361. The van der Waals surface area contributed by atoms with Crippen molar-refractivity contribution in [3.8, 4) is 0 Å². The number of halogens is 1. The van der Waals surface area contributed by atoms with Gasteiger partial charge in [-0.15, -0.1) is 12.4 Å². The number of sulfonamides is 1. The predicted octanol–water partition coefficient (Wildman–Crippen LogP) is 0.289. The molecule has 0 aromatic carbocycles. The minimum atomic E-state index is -3.58. The second kappa shape index (κ2) is 8.17. The molecule has 1 aliphatic rings. The van der Waals surface area contributed by atoms with Gasteiger partial charge in [0.1, 0.15) is 0 Å². The highest BCUT2D eigenvalue weighted by molar-refractivity contribution is 7.90. The molecular weight excluding hydrogens is 302 g/mol. The highest BCUT2D eigenvalue weighted by atomic mass is 35.5. The van der Waals surface area contributed by atoms with Gasteiger partial charge in [-0.25, -0.2) is 8.42 Å². The summed E-state index contributed by atoms with van der Waals surface area (Å²) in [5.74, 6) is -0.367. The van der Waals surface area contributed by atoms with Crippen LogP contribution in [-0.4, -0.2) is 68.6 Å². The van der Waals surface area contributed by atoms with Crippen LogP contribution in [0.4, 0.5) is 0 Å². The van der Waals surface area contributed by atoms with Crippen molar-refractivity contribution in [3.63, 3.8) is 0 Å². The SMILES string of the molecule is CCCC1CNCCN1S(=O)(=O)C(C)C(=O)N(C)C.Cl. The van der Waals surface area contributed by atoms with Gasteiger partial charge >= 0.3 is 0 Å². The molecule has 0 radical (unpaired) electrons. The van der Waals surface area contributed by atoms with Crippen LogP contribution in [0.5, 0.6) is 0 Å². The van der Waals surface area contributed by atoms with E-state index in [9.17, 15) is 13.2 Å². The lowest BCUT2D eigenvalue weighted by Crippen LogP contribution is -2.57. The molecule has 1 fully saturated rings. The summed E-state index contributed by atoms with van der Waals surface area (Å²) in [6.45, 7) is 5.26. The molecule has 0 aromatic heterocycles. The van der Waals surface area contributed by atoms with Crippen LogP contribution in [0.3, 0.4) is 0 Å². The molecule has 1 saturated heterocycles. The average molecular weight is 328 g/mol. The van der Waals surface area contributed by atoms with Crippen LogP contribution in [0.2, 0.25) is 0 Å². The Morgan fingerprint density at radius 3 is 2.55 bits per heavy atom. The highest BCUT2D eigenvalue weighted by Crippen LogP contribution is 2.19. The summed E-state index contributed by atoms with van der Waals surface area (Å²) < 4.78 is 26.6. The quantitative estimate of drug-likeness (QED) is 0.788. The summed E-state index contributed by atoms with van der Waals surface area (Å²) in [5.41, 5.74) is 0. The van der Waals surface area contributed by atoms with Crippen LogP contribution in [0, 0.1) is 0 Å². The van der Waals surface area contributed by atoms with Gasteiger partial charge in [-0.3, -0.25) is 4.79 Å². The number of hydrogen-bond donors (Lipinski definition) is 1. The molecule has 6 nitrogen and oxygen atoms in total. The maximum Gasteiger partial charge on any atom is 0.241 e. The van der Waals surface area contributed by atoms with Crippen molar-refractivity contribution in [2.24, 2.45) is 0 Å². The second-order valence-corrected chi connectivity index (χ2v) is 7.38. The lowest BCUT2D eigenvalue weighted by Gasteiger charge is -2.36. The van der Waals surface area contributed by atoms with Crippen LogP contribution in [0.15, 0.2) is 0 Å². The molecule has 1 N–H and O–H groups in total. The largest absolute Gasteiger partial charge is 0.348 e. The molecule has 120 valence electrons. The van der Waals surface area contributed by atoms with Crippen molar-refractivity contribution in [2.75, 3.05) is 33.7 Å². The molecule has 0 saturated carbocycles. The molecule has 2 unspecified atom stereocenters. The number of rotatable bonds is 5. The standard InChI is InChI=1S/C12H25N3O3S.ClH/c1-5-6-11-9-13-7-8-15(11)19(17,18)10(2)12(16)14(3)4;/h10-11,13H,5-9H2,1-4H3;1H. The summed E-state index contributed by atoms with van der Waals surface area (Å²) in [6, 6.07) is -0.0406. The van der Waals surface area contributed by atoms with E-state index in [1.807, 2.05) is 6.92 Å². The fraction of sp³-hybridized carbons (Fsp3) is 0.917. The number of piperazine rings is 1. The van der Waals surface area contributed by atoms with E-state index in [0.717, 1.165) is 12.8 Å². The van der Waals surface area contributed by atoms with E-state index in [2.05, 4.69) is 5.32 Å². The first-order valence-electron chi connectivity index (χ1n) is 6.74. The minimum Gasteiger partial charge on any atom is -0.348 e. The topological polar surface area (TPSA) is 69.7 Å². The Morgan fingerprint density at radius 2 is 2.05 bits per heavy atom. The highest BCUT2D eigenvalue weighted by Gasteiger charge is 2.39. The predicted molar refractivity (Wildman–Crippen MR) is 82.6 cm³/mol. The maximum atomic E-state index is 12.6. The average Bonchev–Trinajstić information content (AvgIpc) is 2.37. The Kier molecular flexibility index (Phi) is 8.01. The van der Waals surface area contributed by atoms with E-state index in [-0.39, 0.29) is 24.4 Å². The van der Waals surface area contributed by atoms with E-state index in [1.165, 1.54) is 16.1 Å². The Morgan fingerprint density at radius 1 is 1.45 bits per heavy atom. The van der Waals surface area contributed by atoms with Crippen LogP contribution in [0.1, 0.15) is 26.7 Å². The second-order valence-electron chi connectivity index (χ2n) is 5.18. The number of amides is 1. The number of hydrogen-bond acceptors (Lipinski definition) is 4. The number of carbonyl (C=O) groups is 1. The molecule has 0 spiro atoms. The number of nitrogens with one attached hydrogen (secondary N) is 1. The molecule has 1 aliphatic heterocycles. The fourth-order valence-corrected chi connectivity index (χ4v) is 4.16.